The number of aromatic nitrogens is 1. The standard InChI is InChI=1S/C24H29N3O2S/c1-3-5-13-25-24(30)27(16-18-9-7-6-8-10-18)17-20-14-19-15-21(29-4-2)11-12-22(19)26-23(20)28/h6-12,14-15H,3-5,13,16-17H2,1-2H3,(H,25,30)(H,26,28). The summed E-state index contributed by atoms with van der Waals surface area (Å²) in [6.45, 7) is 6.59. The monoisotopic (exact) mass is 423 g/mol. The molecule has 0 aliphatic rings. The number of thiocarbonyl (C=S) groups is 1. The van der Waals surface area contributed by atoms with Gasteiger partial charge in [-0.3, -0.25) is 4.79 Å². The molecule has 0 unspecified atom stereocenters. The SMILES string of the molecule is CCCCNC(=S)N(Cc1ccccc1)Cc1cc2cc(OCC)ccc2[nH]c1=O. The van der Waals surface area contributed by atoms with Crippen LogP contribution in [-0.2, 0) is 13.1 Å². The highest BCUT2D eigenvalue weighted by Gasteiger charge is 2.14. The van der Waals surface area contributed by atoms with Crippen molar-refractivity contribution in [2.24, 2.45) is 0 Å². The second-order valence-electron chi connectivity index (χ2n) is 7.23. The van der Waals surface area contributed by atoms with E-state index in [9.17, 15) is 4.79 Å². The van der Waals surface area contributed by atoms with Crippen molar-refractivity contribution < 1.29 is 4.74 Å². The highest BCUT2D eigenvalue weighted by Crippen LogP contribution is 2.20. The van der Waals surface area contributed by atoms with Gasteiger partial charge in [-0.2, -0.15) is 0 Å². The van der Waals surface area contributed by atoms with Crippen LogP contribution in [0.2, 0.25) is 0 Å². The van der Waals surface area contributed by atoms with Gasteiger partial charge in [0.05, 0.1) is 13.2 Å². The smallest absolute Gasteiger partial charge is 0.253 e. The maximum absolute atomic E-state index is 12.7. The van der Waals surface area contributed by atoms with E-state index in [1.807, 2.05) is 54.3 Å². The predicted octanol–water partition coefficient (Wildman–Crippen LogP) is 4.60. The second-order valence-corrected chi connectivity index (χ2v) is 7.62. The first-order valence-electron chi connectivity index (χ1n) is 10.5. The number of hydrogen-bond donors (Lipinski definition) is 2. The molecule has 158 valence electrons. The Kier molecular flexibility index (Phi) is 7.85. The highest BCUT2D eigenvalue weighted by molar-refractivity contribution is 7.80. The van der Waals surface area contributed by atoms with Gasteiger partial charge >= 0.3 is 0 Å². The molecule has 6 heteroatoms. The topological polar surface area (TPSA) is 57.4 Å². The molecule has 0 atom stereocenters. The molecular formula is C24H29N3O2S. The van der Waals surface area contributed by atoms with Crippen LogP contribution in [-0.4, -0.2) is 28.1 Å². The molecule has 1 heterocycles. The van der Waals surface area contributed by atoms with E-state index < -0.39 is 0 Å². The van der Waals surface area contributed by atoms with Crippen molar-refractivity contribution in [1.29, 1.82) is 0 Å². The normalized spacial score (nSPS) is 10.7. The van der Waals surface area contributed by atoms with E-state index in [-0.39, 0.29) is 5.56 Å². The lowest BCUT2D eigenvalue weighted by Gasteiger charge is -2.26. The molecule has 2 aromatic carbocycles. The molecule has 3 aromatic rings. The number of ether oxygens (including phenoxy) is 1. The molecule has 1 aromatic heterocycles. The van der Waals surface area contributed by atoms with Gasteiger partial charge in [-0.25, -0.2) is 0 Å². The van der Waals surface area contributed by atoms with E-state index in [4.69, 9.17) is 17.0 Å². The summed E-state index contributed by atoms with van der Waals surface area (Å²) >= 11 is 5.66. The number of H-pyrrole nitrogens is 1. The minimum Gasteiger partial charge on any atom is -0.494 e. The van der Waals surface area contributed by atoms with Crippen molar-refractivity contribution in [1.82, 2.24) is 15.2 Å². The van der Waals surface area contributed by atoms with Crippen LogP contribution >= 0.6 is 12.2 Å². The summed E-state index contributed by atoms with van der Waals surface area (Å²) in [4.78, 5) is 17.8. The third-order valence-corrected chi connectivity index (χ3v) is 5.28. The number of pyridine rings is 1. The Morgan fingerprint density at radius 2 is 1.90 bits per heavy atom. The zero-order valence-electron chi connectivity index (χ0n) is 17.6. The summed E-state index contributed by atoms with van der Waals surface area (Å²) in [5, 5.41) is 4.94. The van der Waals surface area contributed by atoms with Gasteiger partial charge < -0.3 is 19.9 Å². The van der Waals surface area contributed by atoms with Crippen LogP contribution in [0.1, 0.15) is 37.8 Å². The summed E-state index contributed by atoms with van der Waals surface area (Å²) in [7, 11) is 0. The third-order valence-electron chi connectivity index (χ3n) is 4.87. The van der Waals surface area contributed by atoms with Crippen molar-refractivity contribution >= 4 is 28.2 Å². The summed E-state index contributed by atoms with van der Waals surface area (Å²) in [5.74, 6) is 0.792. The molecule has 0 spiro atoms. The van der Waals surface area contributed by atoms with Crippen molar-refractivity contribution in [3.05, 3.63) is 76.1 Å². The zero-order valence-corrected chi connectivity index (χ0v) is 18.4. The lowest BCUT2D eigenvalue weighted by atomic mass is 10.1. The fraction of sp³-hybridized carbons (Fsp3) is 0.333. The van der Waals surface area contributed by atoms with Gasteiger partial charge in [0, 0.05) is 29.6 Å². The van der Waals surface area contributed by atoms with Gasteiger partial charge in [-0.05, 0) is 55.4 Å². The number of unbranched alkanes of at least 4 members (excludes halogenated alkanes) is 1. The first-order valence-corrected chi connectivity index (χ1v) is 10.9. The largest absolute Gasteiger partial charge is 0.494 e. The van der Waals surface area contributed by atoms with Gasteiger partial charge in [0.1, 0.15) is 5.75 Å². The molecular weight excluding hydrogens is 394 g/mol. The molecule has 0 amide bonds. The average molecular weight is 424 g/mol. The summed E-state index contributed by atoms with van der Waals surface area (Å²) < 4.78 is 5.60. The van der Waals surface area contributed by atoms with Crippen LogP contribution in [0.4, 0.5) is 0 Å². The summed E-state index contributed by atoms with van der Waals surface area (Å²) in [6, 6.07) is 17.8. The van der Waals surface area contributed by atoms with E-state index in [2.05, 4.69) is 29.4 Å². The fourth-order valence-electron chi connectivity index (χ4n) is 3.30. The van der Waals surface area contributed by atoms with Crippen molar-refractivity contribution in [3.63, 3.8) is 0 Å². The second kappa shape index (κ2) is 10.8. The van der Waals surface area contributed by atoms with Crippen LogP contribution in [0, 0.1) is 0 Å². The van der Waals surface area contributed by atoms with Gasteiger partial charge in [-0.1, -0.05) is 43.7 Å². The molecule has 0 bridgehead atoms. The lowest BCUT2D eigenvalue weighted by Crippen LogP contribution is -2.40. The number of nitrogens with zero attached hydrogens (tertiary/aromatic N) is 1. The third kappa shape index (κ3) is 5.83. The quantitative estimate of drug-likeness (QED) is 0.389. The van der Waals surface area contributed by atoms with Crippen molar-refractivity contribution in [3.8, 4) is 5.75 Å². The van der Waals surface area contributed by atoms with E-state index in [1.54, 1.807) is 0 Å². The molecule has 3 rings (SSSR count). The van der Waals surface area contributed by atoms with Crippen LogP contribution in [0.5, 0.6) is 5.75 Å². The van der Waals surface area contributed by atoms with Crippen LogP contribution in [0.3, 0.4) is 0 Å². The van der Waals surface area contributed by atoms with Crippen molar-refractivity contribution in [2.45, 2.75) is 39.8 Å². The Labute approximate surface area is 183 Å². The van der Waals surface area contributed by atoms with E-state index in [0.717, 1.165) is 41.6 Å². The Morgan fingerprint density at radius 1 is 1.10 bits per heavy atom. The number of nitrogens with one attached hydrogen (secondary N) is 2. The van der Waals surface area contributed by atoms with Gasteiger partial charge in [0.15, 0.2) is 5.11 Å². The van der Waals surface area contributed by atoms with Gasteiger partial charge in [0.25, 0.3) is 5.56 Å². The highest BCUT2D eigenvalue weighted by atomic mass is 32.1. The predicted molar refractivity (Wildman–Crippen MR) is 127 cm³/mol. The minimum atomic E-state index is -0.0962. The first-order chi connectivity index (χ1) is 14.6. The lowest BCUT2D eigenvalue weighted by molar-refractivity contribution is 0.340. The summed E-state index contributed by atoms with van der Waals surface area (Å²) in [5.41, 5.74) is 2.52. The molecule has 0 fully saturated rings. The fourth-order valence-corrected chi connectivity index (χ4v) is 3.53. The van der Waals surface area contributed by atoms with E-state index in [0.29, 0.717) is 30.4 Å². The maximum atomic E-state index is 12.7. The average Bonchev–Trinajstić information content (AvgIpc) is 2.75. The number of hydrogen-bond acceptors (Lipinski definition) is 3. The first kappa shape index (κ1) is 21.8. The number of rotatable bonds is 9. The Balaban J connectivity index is 1.87. The molecule has 0 saturated heterocycles. The van der Waals surface area contributed by atoms with Crippen LogP contribution in [0.25, 0.3) is 10.9 Å². The van der Waals surface area contributed by atoms with Gasteiger partial charge in [-0.15, -0.1) is 0 Å². The molecule has 30 heavy (non-hydrogen) atoms. The Morgan fingerprint density at radius 3 is 2.63 bits per heavy atom. The number of aromatic amines is 1. The Hall–Kier alpha value is -2.86. The van der Waals surface area contributed by atoms with Gasteiger partial charge in [0.2, 0.25) is 0 Å². The Bertz CT molecular complexity index is 1030. The van der Waals surface area contributed by atoms with Crippen LogP contribution < -0.4 is 15.6 Å². The van der Waals surface area contributed by atoms with E-state index in [1.165, 1.54) is 0 Å². The molecule has 5 nitrogen and oxygen atoms in total. The van der Waals surface area contributed by atoms with Crippen molar-refractivity contribution in [2.75, 3.05) is 13.2 Å². The maximum Gasteiger partial charge on any atom is 0.253 e. The molecule has 0 radical (unpaired) electrons. The number of benzene rings is 2. The zero-order chi connectivity index (χ0) is 21.3. The summed E-state index contributed by atoms with van der Waals surface area (Å²) in [6.07, 6.45) is 2.15. The number of fused-ring (bicyclic) bond motifs is 1. The molecule has 0 saturated carbocycles. The van der Waals surface area contributed by atoms with Crippen LogP contribution in [0.15, 0.2) is 59.4 Å². The molecule has 0 aliphatic heterocycles. The minimum absolute atomic E-state index is 0.0962. The molecule has 0 aliphatic carbocycles. The van der Waals surface area contributed by atoms with E-state index >= 15 is 0 Å². The molecule has 2 N–H and O–H groups in total.